The number of aromatic amines is 2. The zero-order valence-corrected chi connectivity index (χ0v) is 9.21. The van der Waals surface area contributed by atoms with Crippen molar-refractivity contribution < 1.29 is 0 Å². The molecule has 0 aliphatic rings. The van der Waals surface area contributed by atoms with Gasteiger partial charge in [-0.3, -0.25) is 9.78 Å². The molecule has 6 heteroatoms. The Morgan fingerprint density at radius 3 is 2.35 bits per heavy atom. The van der Waals surface area contributed by atoms with Crippen molar-refractivity contribution in [1.82, 2.24) is 9.97 Å². The highest BCUT2D eigenvalue weighted by Crippen LogP contribution is 2.19. The zero-order valence-electron chi connectivity index (χ0n) is 8.45. The molecule has 0 radical (unpaired) electrons. The number of halogens is 1. The SMILES string of the molecule is N#Cc1c(-c2ccc(Cl)cc2)[nH]c(=O)[nH]c1=O. The maximum atomic E-state index is 11.4. The molecule has 0 saturated carbocycles. The van der Waals surface area contributed by atoms with Crippen LogP contribution >= 0.6 is 11.6 Å². The minimum absolute atomic E-state index is 0.132. The number of benzene rings is 1. The molecule has 1 aromatic heterocycles. The molecule has 2 N–H and O–H groups in total. The standard InChI is InChI=1S/C11H6ClN3O2/c12-7-3-1-6(2-4-7)9-8(5-13)10(16)15-11(17)14-9/h1-4H,(H2,14,15,16,17). The first kappa shape index (κ1) is 11.2. The number of hydrogen-bond donors (Lipinski definition) is 2. The number of nitrogens with one attached hydrogen (secondary N) is 2. The smallest absolute Gasteiger partial charge is 0.306 e. The Morgan fingerprint density at radius 2 is 1.76 bits per heavy atom. The predicted octanol–water partition coefficient (Wildman–Crippen LogP) is 1.26. The lowest BCUT2D eigenvalue weighted by molar-refractivity contribution is 1.03. The van der Waals surface area contributed by atoms with Crippen molar-refractivity contribution in [3.05, 3.63) is 55.7 Å². The third-order valence-electron chi connectivity index (χ3n) is 2.19. The van der Waals surface area contributed by atoms with Crippen molar-refractivity contribution in [2.24, 2.45) is 0 Å². The van der Waals surface area contributed by atoms with Crippen LogP contribution in [0.3, 0.4) is 0 Å². The average Bonchev–Trinajstić information content (AvgIpc) is 2.29. The minimum Gasteiger partial charge on any atom is -0.306 e. The Morgan fingerprint density at radius 1 is 1.12 bits per heavy atom. The third-order valence-corrected chi connectivity index (χ3v) is 2.44. The van der Waals surface area contributed by atoms with E-state index < -0.39 is 11.2 Å². The molecule has 1 heterocycles. The van der Waals surface area contributed by atoms with Crippen molar-refractivity contribution in [3.8, 4) is 17.3 Å². The Bertz CT molecular complexity index is 707. The first-order valence-corrected chi connectivity index (χ1v) is 5.02. The molecule has 0 spiro atoms. The highest BCUT2D eigenvalue weighted by molar-refractivity contribution is 6.30. The van der Waals surface area contributed by atoms with Gasteiger partial charge < -0.3 is 4.98 Å². The summed E-state index contributed by atoms with van der Waals surface area (Å²) < 4.78 is 0. The molecule has 0 unspecified atom stereocenters. The fourth-order valence-electron chi connectivity index (χ4n) is 1.43. The van der Waals surface area contributed by atoms with Gasteiger partial charge in [0.25, 0.3) is 5.56 Å². The summed E-state index contributed by atoms with van der Waals surface area (Å²) in [7, 11) is 0. The van der Waals surface area contributed by atoms with E-state index in [0.717, 1.165) is 0 Å². The Balaban J connectivity index is 2.75. The van der Waals surface area contributed by atoms with Crippen LogP contribution in [0.5, 0.6) is 0 Å². The van der Waals surface area contributed by atoms with E-state index in [1.807, 2.05) is 4.98 Å². The average molecular weight is 248 g/mol. The van der Waals surface area contributed by atoms with Crippen molar-refractivity contribution in [1.29, 1.82) is 5.26 Å². The lowest BCUT2D eigenvalue weighted by Gasteiger charge is -2.02. The van der Waals surface area contributed by atoms with Crippen LogP contribution in [-0.2, 0) is 0 Å². The molecule has 2 aromatic rings. The maximum Gasteiger partial charge on any atom is 0.326 e. The predicted molar refractivity (Wildman–Crippen MR) is 62.8 cm³/mol. The summed E-state index contributed by atoms with van der Waals surface area (Å²) in [6, 6.07) is 8.21. The van der Waals surface area contributed by atoms with E-state index in [4.69, 9.17) is 16.9 Å². The minimum atomic E-state index is -0.707. The first-order chi connectivity index (χ1) is 8.11. The van der Waals surface area contributed by atoms with E-state index in [9.17, 15) is 9.59 Å². The van der Waals surface area contributed by atoms with Gasteiger partial charge in [0.15, 0.2) is 0 Å². The maximum absolute atomic E-state index is 11.4. The summed E-state index contributed by atoms with van der Waals surface area (Å²) in [6.07, 6.45) is 0. The van der Waals surface area contributed by atoms with Crippen molar-refractivity contribution in [2.45, 2.75) is 0 Å². The third kappa shape index (κ3) is 2.12. The fourth-order valence-corrected chi connectivity index (χ4v) is 1.55. The van der Waals surface area contributed by atoms with Crippen LogP contribution in [0.1, 0.15) is 5.56 Å². The summed E-state index contributed by atoms with van der Waals surface area (Å²) in [6.45, 7) is 0. The molecule has 17 heavy (non-hydrogen) atoms. The van der Waals surface area contributed by atoms with E-state index in [1.165, 1.54) is 0 Å². The van der Waals surface area contributed by atoms with Crippen LogP contribution in [0, 0.1) is 11.3 Å². The molecule has 1 aromatic carbocycles. The zero-order chi connectivity index (χ0) is 12.4. The summed E-state index contributed by atoms with van der Waals surface area (Å²) in [5.41, 5.74) is -0.751. The van der Waals surface area contributed by atoms with Gasteiger partial charge in [-0.2, -0.15) is 5.26 Å². The van der Waals surface area contributed by atoms with Crippen LogP contribution in [0.15, 0.2) is 33.9 Å². The largest absolute Gasteiger partial charge is 0.326 e. The molecule has 0 aliphatic heterocycles. The van der Waals surface area contributed by atoms with E-state index in [1.54, 1.807) is 30.3 Å². The van der Waals surface area contributed by atoms with Crippen LogP contribution in [0.25, 0.3) is 11.3 Å². The molecular weight excluding hydrogens is 242 g/mol. The number of aromatic nitrogens is 2. The highest BCUT2D eigenvalue weighted by Gasteiger charge is 2.10. The molecule has 0 atom stereocenters. The highest BCUT2D eigenvalue weighted by atomic mass is 35.5. The number of nitrogens with zero attached hydrogens (tertiary/aromatic N) is 1. The van der Waals surface area contributed by atoms with Gasteiger partial charge >= 0.3 is 5.69 Å². The second kappa shape index (κ2) is 4.28. The quantitative estimate of drug-likeness (QED) is 0.795. The number of rotatable bonds is 1. The fraction of sp³-hybridized carbons (Fsp3) is 0. The van der Waals surface area contributed by atoms with E-state index >= 15 is 0 Å². The summed E-state index contributed by atoms with van der Waals surface area (Å²) in [5.74, 6) is 0. The Hall–Kier alpha value is -2.32. The first-order valence-electron chi connectivity index (χ1n) is 4.64. The molecule has 0 aliphatic carbocycles. The van der Waals surface area contributed by atoms with Crippen molar-refractivity contribution >= 4 is 11.6 Å². The molecule has 84 valence electrons. The Kier molecular flexibility index (Phi) is 2.81. The lowest BCUT2D eigenvalue weighted by atomic mass is 10.1. The summed E-state index contributed by atoms with van der Waals surface area (Å²) >= 11 is 5.73. The van der Waals surface area contributed by atoms with Gasteiger partial charge in [0, 0.05) is 5.02 Å². The van der Waals surface area contributed by atoms with Crippen molar-refractivity contribution in [2.75, 3.05) is 0 Å². The van der Waals surface area contributed by atoms with Crippen LogP contribution < -0.4 is 11.2 Å². The molecule has 0 saturated heterocycles. The second-order valence-electron chi connectivity index (χ2n) is 3.28. The van der Waals surface area contributed by atoms with Gasteiger partial charge in [-0.25, -0.2) is 4.79 Å². The summed E-state index contributed by atoms with van der Waals surface area (Å²) in [5, 5.41) is 9.42. The monoisotopic (exact) mass is 247 g/mol. The van der Waals surface area contributed by atoms with Gasteiger partial charge in [-0.1, -0.05) is 23.7 Å². The molecule has 0 fully saturated rings. The van der Waals surface area contributed by atoms with E-state index in [-0.39, 0.29) is 11.3 Å². The van der Waals surface area contributed by atoms with Crippen LogP contribution in [0.4, 0.5) is 0 Å². The van der Waals surface area contributed by atoms with Gasteiger partial charge in [0.2, 0.25) is 0 Å². The van der Waals surface area contributed by atoms with Gasteiger partial charge in [-0.15, -0.1) is 0 Å². The molecule has 2 rings (SSSR count). The van der Waals surface area contributed by atoms with Crippen molar-refractivity contribution in [3.63, 3.8) is 0 Å². The normalized spacial score (nSPS) is 9.88. The van der Waals surface area contributed by atoms with Gasteiger partial charge in [-0.05, 0) is 17.7 Å². The van der Waals surface area contributed by atoms with Gasteiger partial charge in [0.1, 0.15) is 11.6 Å². The topological polar surface area (TPSA) is 89.5 Å². The molecular formula is C11H6ClN3O2. The van der Waals surface area contributed by atoms with Crippen LogP contribution in [-0.4, -0.2) is 9.97 Å². The van der Waals surface area contributed by atoms with Crippen LogP contribution in [0.2, 0.25) is 5.02 Å². The number of nitriles is 1. The molecule has 5 nitrogen and oxygen atoms in total. The van der Waals surface area contributed by atoms with Gasteiger partial charge in [0.05, 0.1) is 5.69 Å². The van der Waals surface area contributed by atoms with E-state index in [2.05, 4.69) is 4.98 Å². The lowest BCUT2D eigenvalue weighted by Crippen LogP contribution is -2.25. The summed E-state index contributed by atoms with van der Waals surface area (Å²) in [4.78, 5) is 27.0. The second-order valence-corrected chi connectivity index (χ2v) is 3.71. The number of H-pyrrole nitrogens is 2. The molecule has 0 amide bonds. The number of hydrogen-bond acceptors (Lipinski definition) is 3. The Labute approximate surface area is 100 Å². The van der Waals surface area contributed by atoms with E-state index in [0.29, 0.717) is 10.6 Å². The molecule has 0 bridgehead atoms.